The molecule has 0 fully saturated rings. The number of nitrogens with zero attached hydrogens (tertiary/aromatic N) is 2. The Kier molecular flexibility index (Phi) is 5.10. The Morgan fingerprint density at radius 3 is 2.70 bits per heavy atom. The Bertz CT molecular complexity index is 545. The zero-order chi connectivity index (χ0) is 14.5. The zero-order valence-electron chi connectivity index (χ0n) is 12.7. The monoisotopic (exact) mass is 271 g/mol. The first kappa shape index (κ1) is 14.9. The van der Waals surface area contributed by atoms with Crippen LogP contribution in [-0.2, 0) is 6.54 Å². The number of aromatic nitrogens is 1. The van der Waals surface area contributed by atoms with E-state index in [2.05, 4.69) is 55.0 Å². The molecule has 2 aromatic rings. The number of benzene rings is 1. The van der Waals surface area contributed by atoms with E-state index in [1.165, 1.54) is 10.9 Å². The van der Waals surface area contributed by atoms with Gasteiger partial charge in [0.15, 0.2) is 0 Å². The molecule has 3 nitrogen and oxygen atoms in total. The molecule has 3 heteroatoms. The Hall–Kier alpha value is -1.45. The van der Waals surface area contributed by atoms with Crippen molar-refractivity contribution in [1.82, 2.24) is 9.88 Å². The van der Waals surface area contributed by atoms with Gasteiger partial charge in [0.1, 0.15) is 0 Å². The van der Waals surface area contributed by atoms with Crippen LogP contribution in [0.4, 0.5) is 0 Å². The van der Waals surface area contributed by atoms with E-state index in [0.717, 1.165) is 25.0 Å². The van der Waals surface area contributed by atoms with Crippen molar-refractivity contribution in [2.75, 3.05) is 13.6 Å². The summed E-state index contributed by atoms with van der Waals surface area (Å²) in [5.74, 6) is 0.546. The molecule has 1 atom stereocenters. The van der Waals surface area contributed by atoms with Crippen molar-refractivity contribution < 1.29 is 0 Å². The molecule has 1 heterocycles. The first-order valence-electron chi connectivity index (χ1n) is 7.34. The van der Waals surface area contributed by atoms with Gasteiger partial charge in [-0.2, -0.15) is 0 Å². The van der Waals surface area contributed by atoms with Crippen molar-refractivity contribution >= 4 is 10.9 Å². The van der Waals surface area contributed by atoms with Gasteiger partial charge >= 0.3 is 0 Å². The van der Waals surface area contributed by atoms with Crippen LogP contribution in [0.2, 0.25) is 0 Å². The second-order valence-electron chi connectivity index (χ2n) is 5.92. The largest absolute Gasteiger partial charge is 0.327 e. The maximum atomic E-state index is 6.11. The SMILES string of the molecule is CC(C)C(N)CCN(C)Cc1ccnc2ccccc12. The highest BCUT2D eigenvalue weighted by Gasteiger charge is 2.10. The molecule has 0 aliphatic rings. The van der Waals surface area contributed by atoms with Gasteiger partial charge in [-0.25, -0.2) is 0 Å². The van der Waals surface area contributed by atoms with Gasteiger partial charge in [0.2, 0.25) is 0 Å². The molecule has 0 radical (unpaired) electrons. The van der Waals surface area contributed by atoms with Crippen molar-refractivity contribution in [3.63, 3.8) is 0 Å². The van der Waals surface area contributed by atoms with E-state index < -0.39 is 0 Å². The van der Waals surface area contributed by atoms with Crippen molar-refractivity contribution in [3.8, 4) is 0 Å². The summed E-state index contributed by atoms with van der Waals surface area (Å²) >= 11 is 0. The standard InChI is InChI=1S/C17H25N3/c1-13(2)16(18)9-11-20(3)12-14-8-10-19-17-7-5-4-6-15(14)17/h4-8,10,13,16H,9,11-12,18H2,1-3H3. The van der Waals surface area contributed by atoms with Gasteiger partial charge in [-0.05, 0) is 43.6 Å². The van der Waals surface area contributed by atoms with Crippen LogP contribution in [0, 0.1) is 5.92 Å². The summed E-state index contributed by atoms with van der Waals surface area (Å²) in [5.41, 5.74) is 8.51. The molecule has 1 aromatic carbocycles. The molecule has 0 aliphatic heterocycles. The fourth-order valence-corrected chi connectivity index (χ4v) is 2.37. The molecule has 0 amide bonds. The number of fused-ring (bicyclic) bond motifs is 1. The highest BCUT2D eigenvalue weighted by Crippen LogP contribution is 2.17. The van der Waals surface area contributed by atoms with Gasteiger partial charge < -0.3 is 10.6 Å². The number of pyridine rings is 1. The third kappa shape index (κ3) is 3.78. The summed E-state index contributed by atoms with van der Waals surface area (Å²) in [6.07, 6.45) is 2.93. The molecule has 20 heavy (non-hydrogen) atoms. The highest BCUT2D eigenvalue weighted by atomic mass is 15.1. The Balaban J connectivity index is 2.01. The lowest BCUT2D eigenvalue weighted by Crippen LogP contribution is -2.31. The molecular formula is C17H25N3. The summed E-state index contributed by atoms with van der Waals surface area (Å²) in [5, 5.41) is 1.25. The van der Waals surface area contributed by atoms with Crippen LogP contribution in [0.3, 0.4) is 0 Å². The predicted octanol–water partition coefficient (Wildman–Crippen LogP) is 3.04. The minimum Gasteiger partial charge on any atom is -0.327 e. The molecule has 0 bridgehead atoms. The lowest BCUT2D eigenvalue weighted by Gasteiger charge is -2.21. The molecule has 0 saturated carbocycles. The number of hydrogen-bond donors (Lipinski definition) is 1. The molecular weight excluding hydrogens is 246 g/mol. The Morgan fingerprint density at radius 2 is 1.95 bits per heavy atom. The number of nitrogens with two attached hydrogens (primary N) is 1. The van der Waals surface area contributed by atoms with Gasteiger partial charge in [-0.15, -0.1) is 0 Å². The minimum atomic E-state index is 0.284. The van der Waals surface area contributed by atoms with Crippen LogP contribution < -0.4 is 5.73 Å². The van der Waals surface area contributed by atoms with E-state index in [4.69, 9.17) is 5.73 Å². The molecule has 2 rings (SSSR count). The van der Waals surface area contributed by atoms with Crippen molar-refractivity contribution in [1.29, 1.82) is 0 Å². The minimum absolute atomic E-state index is 0.284. The lowest BCUT2D eigenvalue weighted by atomic mass is 10.0. The van der Waals surface area contributed by atoms with E-state index in [0.29, 0.717) is 5.92 Å². The molecule has 1 unspecified atom stereocenters. The van der Waals surface area contributed by atoms with Crippen LogP contribution >= 0.6 is 0 Å². The predicted molar refractivity (Wildman–Crippen MR) is 85.5 cm³/mol. The lowest BCUT2D eigenvalue weighted by molar-refractivity contribution is 0.297. The van der Waals surface area contributed by atoms with E-state index in [-0.39, 0.29) is 6.04 Å². The topological polar surface area (TPSA) is 42.1 Å². The summed E-state index contributed by atoms with van der Waals surface area (Å²) in [4.78, 5) is 6.75. The van der Waals surface area contributed by atoms with E-state index in [1.54, 1.807) is 0 Å². The third-order valence-electron chi connectivity index (χ3n) is 3.88. The fourth-order valence-electron chi connectivity index (χ4n) is 2.37. The maximum Gasteiger partial charge on any atom is 0.0705 e. The first-order valence-corrected chi connectivity index (χ1v) is 7.34. The molecule has 0 saturated heterocycles. The highest BCUT2D eigenvalue weighted by molar-refractivity contribution is 5.81. The average Bonchev–Trinajstić information content (AvgIpc) is 2.45. The third-order valence-corrected chi connectivity index (χ3v) is 3.88. The maximum absolute atomic E-state index is 6.11. The zero-order valence-corrected chi connectivity index (χ0v) is 12.7. The average molecular weight is 271 g/mol. The van der Waals surface area contributed by atoms with Crippen LogP contribution in [-0.4, -0.2) is 29.5 Å². The number of para-hydroxylation sites is 1. The molecule has 2 N–H and O–H groups in total. The van der Waals surface area contributed by atoms with Gasteiger partial charge in [0, 0.05) is 24.2 Å². The Morgan fingerprint density at radius 1 is 1.20 bits per heavy atom. The summed E-state index contributed by atoms with van der Waals surface area (Å²) < 4.78 is 0. The molecule has 0 spiro atoms. The number of rotatable bonds is 6. The number of hydrogen-bond acceptors (Lipinski definition) is 3. The van der Waals surface area contributed by atoms with Gasteiger partial charge in [0.25, 0.3) is 0 Å². The molecule has 0 aliphatic carbocycles. The first-order chi connectivity index (χ1) is 9.58. The van der Waals surface area contributed by atoms with Crippen LogP contribution in [0.25, 0.3) is 10.9 Å². The normalized spacial score (nSPS) is 13.3. The summed E-state index contributed by atoms with van der Waals surface area (Å²) in [6, 6.07) is 10.7. The van der Waals surface area contributed by atoms with E-state index in [9.17, 15) is 0 Å². The molecule has 108 valence electrons. The van der Waals surface area contributed by atoms with E-state index >= 15 is 0 Å². The Labute approximate surface area is 121 Å². The van der Waals surface area contributed by atoms with Gasteiger partial charge in [-0.3, -0.25) is 4.98 Å². The molecule has 1 aromatic heterocycles. The fraction of sp³-hybridized carbons (Fsp3) is 0.471. The van der Waals surface area contributed by atoms with Crippen LogP contribution in [0.5, 0.6) is 0 Å². The van der Waals surface area contributed by atoms with Gasteiger partial charge in [-0.1, -0.05) is 32.0 Å². The van der Waals surface area contributed by atoms with Crippen molar-refractivity contribution in [2.45, 2.75) is 32.9 Å². The van der Waals surface area contributed by atoms with Crippen LogP contribution in [0.15, 0.2) is 36.5 Å². The van der Waals surface area contributed by atoms with Gasteiger partial charge in [0.05, 0.1) is 5.52 Å². The second-order valence-corrected chi connectivity index (χ2v) is 5.92. The summed E-state index contributed by atoms with van der Waals surface area (Å²) in [6.45, 7) is 6.33. The summed E-state index contributed by atoms with van der Waals surface area (Å²) in [7, 11) is 2.16. The second kappa shape index (κ2) is 6.82. The van der Waals surface area contributed by atoms with Crippen molar-refractivity contribution in [2.24, 2.45) is 11.7 Å². The van der Waals surface area contributed by atoms with Crippen molar-refractivity contribution in [3.05, 3.63) is 42.1 Å². The van der Waals surface area contributed by atoms with Crippen LogP contribution in [0.1, 0.15) is 25.8 Å². The smallest absolute Gasteiger partial charge is 0.0705 e. The van der Waals surface area contributed by atoms with E-state index in [1.807, 2.05) is 12.3 Å². The quantitative estimate of drug-likeness (QED) is 0.878.